The van der Waals surface area contributed by atoms with Crippen LogP contribution in [0.15, 0.2) is 11.8 Å². The monoisotopic (exact) mass is 247 g/mol. The summed E-state index contributed by atoms with van der Waals surface area (Å²) in [4.78, 5) is 11.1. The number of carbonyl (C=O) groups is 1. The summed E-state index contributed by atoms with van der Waals surface area (Å²) in [6.07, 6.45) is 2.51. The number of hydrogen-bond acceptors (Lipinski definition) is 3. The number of halogens is 2. The summed E-state index contributed by atoms with van der Waals surface area (Å²) < 4.78 is 30.5. The Balaban J connectivity index is 2.37. The normalized spacial score (nSPS) is 21.2. The van der Waals surface area contributed by atoms with Gasteiger partial charge in [-0.05, 0) is 32.1 Å². The van der Waals surface area contributed by atoms with Crippen molar-refractivity contribution in [3.05, 3.63) is 11.8 Å². The first-order valence-corrected chi connectivity index (χ1v) is 5.93. The second-order valence-corrected chi connectivity index (χ2v) is 4.47. The minimum atomic E-state index is -2.52. The molecule has 1 fully saturated rings. The molecule has 1 rings (SSSR count). The molecule has 0 amide bonds. The number of nitrogens with two attached hydrogens (primary N) is 1. The molecule has 1 aliphatic carbocycles. The van der Waals surface area contributed by atoms with Crippen molar-refractivity contribution in [1.82, 2.24) is 0 Å². The lowest BCUT2D eigenvalue weighted by atomic mass is 9.84. The molecular weight excluding hydrogens is 228 g/mol. The second-order valence-electron chi connectivity index (χ2n) is 4.47. The van der Waals surface area contributed by atoms with Crippen molar-refractivity contribution >= 4 is 5.97 Å². The van der Waals surface area contributed by atoms with Crippen molar-refractivity contribution in [3.63, 3.8) is 0 Å². The molecule has 0 aromatic rings. The van der Waals surface area contributed by atoms with Gasteiger partial charge in [-0.25, -0.2) is 13.6 Å². The molecular formula is C12H19F2NO2. The molecule has 2 N–H and O–H groups in total. The first-order valence-electron chi connectivity index (χ1n) is 5.93. The lowest BCUT2D eigenvalue weighted by Gasteiger charge is -2.28. The Labute approximate surface area is 100 Å². The van der Waals surface area contributed by atoms with Crippen LogP contribution in [0.4, 0.5) is 8.78 Å². The Bertz CT molecular complexity index is 293. The van der Waals surface area contributed by atoms with Crippen LogP contribution in [0.5, 0.6) is 0 Å². The van der Waals surface area contributed by atoms with E-state index >= 15 is 0 Å². The Hall–Kier alpha value is -1.13. The van der Waals surface area contributed by atoms with E-state index in [4.69, 9.17) is 10.5 Å². The first-order chi connectivity index (χ1) is 7.93. The fraction of sp³-hybridized carbons (Fsp3) is 0.750. The fourth-order valence-corrected chi connectivity index (χ4v) is 2.03. The molecule has 3 nitrogen and oxygen atoms in total. The van der Waals surface area contributed by atoms with Crippen molar-refractivity contribution in [1.29, 1.82) is 0 Å². The van der Waals surface area contributed by atoms with Gasteiger partial charge in [0.05, 0.1) is 6.61 Å². The lowest BCUT2D eigenvalue weighted by Crippen LogP contribution is -2.25. The summed E-state index contributed by atoms with van der Waals surface area (Å²) in [6, 6.07) is 0. The minimum absolute atomic E-state index is 0.0790. The van der Waals surface area contributed by atoms with Crippen LogP contribution in [0.3, 0.4) is 0 Å². The van der Waals surface area contributed by atoms with Crippen molar-refractivity contribution < 1.29 is 18.3 Å². The summed E-state index contributed by atoms with van der Waals surface area (Å²) in [7, 11) is 0. The van der Waals surface area contributed by atoms with Gasteiger partial charge in [-0.15, -0.1) is 0 Å². The molecule has 0 aromatic carbocycles. The van der Waals surface area contributed by atoms with E-state index in [1.807, 2.05) is 0 Å². The third-order valence-electron chi connectivity index (χ3n) is 2.95. The van der Waals surface area contributed by atoms with Crippen molar-refractivity contribution in [2.75, 3.05) is 6.61 Å². The van der Waals surface area contributed by atoms with E-state index in [0.717, 1.165) is 0 Å². The molecule has 0 atom stereocenters. The van der Waals surface area contributed by atoms with Crippen LogP contribution < -0.4 is 5.73 Å². The molecule has 0 saturated heterocycles. The van der Waals surface area contributed by atoms with Crippen LogP contribution in [-0.4, -0.2) is 18.5 Å². The van der Waals surface area contributed by atoms with Gasteiger partial charge in [0, 0.05) is 24.6 Å². The topological polar surface area (TPSA) is 52.3 Å². The van der Waals surface area contributed by atoms with E-state index in [1.54, 1.807) is 6.92 Å². The van der Waals surface area contributed by atoms with Gasteiger partial charge >= 0.3 is 5.97 Å². The highest BCUT2D eigenvalue weighted by molar-refractivity contribution is 5.82. The van der Waals surface area contributed by atoms with E-state index in [1.165, 1.54) is 6.08 Å². The molecule has 0 aliphatic heterocycles. The third-order valence-corrected chi connectivity index (χ3v) is 2.95. The Kier molecular flexibility index (Phi) is 4.90. The third kappa shape index (κ3) is 5.15. The summed E-state index contributed by atoms with van der Waals surface area (Å²) in [5, 5.41) is 0. The largest absolute Gasteiger partial charge is 0.463 e. The Morgan fingerprint density at radius 2 is 2.06 bits per heavy atom. The zero-order valence-electron chi connectivity index (χ0n) is 10.0. The van der Waals surface area contributed by atoms with Gasteiger partial charge in [-0.1, -0.05) is 0 Å². The molecule has 0 radical (unpaired) electrons. The summed E-state index contributed by atoms with van der Waals surface area (Å²) in [5.41, 5.74) is 6.09. The van der Waals surface area contributed by atoms with E-state index in [2.05, 4.69) is 0 Å². The minimum Gasteiger partial charge on any atom is -0.463 e. The highest BCUT2D eigenvalue weighted by atomic mass is 19.3. The molecule has 0 unspecified atom stereocenters. The molecule has 17 heavy (non-hydrogen) atoms. The molecule has 0 heterocycles. The number of carbonyl (C=O) groups excluding carboxylic acids is 1. The van der Waals surface area contributed by atoms with Gasteiger partial charge in [0.1, 0.15) is 0 Å². The number of alkyl halides is 2. The van der Waals surface area contributed by atoms with E-state index < -0.39 is 11.9 Å². The van der Waals surface area contributed by atoms with Gasteiger partial charge in [0.25, 0.3) is 0 Å². The fourth-order valence-electron chi connectivity index (χ4n) is 2.03. The molecule has 0 bridgehead atoms. The van der Waals surface area contributed by atoms with E-state index in [-0.39, 0.29) is 18.8 Å². The summed E-state index contributed by atoms with van der Waals surface area (Å²) in [5.74, 6) is -2.83. The zero-order chi connectivity index (χ0) is 12.9. The second kappa shape index (κ2) is 5.98. The number of allylic oxidation sites excluding steroid dienone is 1. The number of hydrogen-bond donors (Lipinski definition) is 1. The number of ether oxygens (including phenoxy) is 1. The lowest BCUT2D eigenvalue weighted by molar-refractivity contribution is -0.137. The van der Waals surface area contributed by atoms with E-state index in [9.17, 15) is 13.6 Å². The average Bonchev–Trinajstić information content (AvgIpc) is 2.21. The zero-order valence-corrected chi connectivity index (χ0v) is 10.0. The van der Waals surface area contributed by atoms with Crippen LogP contribution in [0.2, 0.25) is 0 Å². The molecule has 1 saturated carbocycles. The molecule has 0 aromatic heterocycles. The smallest absolute Gasteiger partial charge is 0.332 e. The van der Waals surface area contributed by atoms with Crippen LogP contribution in [0.25, 0.3) is 0 Å². The molecule has 0 spiro atoms. The summed E-state index contributed by atoms with van der Waals surface area (Å²) in [6.45, 7) is 2.02. The number of esters is 1. The van der Waals surface area contributed by atoms with E-state index in [0.29, 0.717) is 31.6 Å². The highest BCUT2D eigenvalue weighted by Crippen LogP contribution is 2.37. The van der Waals surface area contributed by atoms with Crippen LogP contribution >= 0.6 is 0 Å². The van der Waals surface area contributed by atoms with Gasteiger partial charge < -0.3 is 10.5 Å². The van der Waals surface area contributed by atoms with Gasteiger partial charge in [-0.3, -0.25) is 0 Å². The SMILES string of the molecule is CCOC(=O)/C=C(\N)CC1CCC(F)(F)CC1. The van der Waals surface area contributed by atoms with Gasteiger partial charge in [0.2, 0.25) is 5.92 Å². The van der Waals surface area contributed by atoms with Crippen LogP contribution in [0, 0.1) is 5.92 Å². The maximum Gasteiger partial charge on any atom is 0.332 e. The van der Waals surface area contributed by atoms with Crippen molar-refractivity contribution in [3.8, 4) is 0 Å². The van der Waals surface area contributed by atoms with Crippen molar-refractivity contribution in [2.45, 2.75) is 45.0 Å². The Morgan fingerprint density at radius 3 is 2.59 bits per heavy atom. The average molecular weight is 247 g/mol. The molecule has 1 aliphatic rings. The maximum atomic E-state index is 12.9. The predicted octanol–water partition coefficient (Wildman–Crippen LogP) is 2.61. The molecule has 98 valence electrons. The summed E-state index contributed by atoms with van der Waals surface area (Å²) >= 11 is 0. The predicted molar refractivity (Wildman–Crippen MR) is 60.4 cm³/mol. The van der Waals surface area contributed by atoms with Gasteiger partial charge in [0.15, 0.2) is 0 Å². The van der Waals surface area contributed by atoms with Crippen LogP contribution in [-0.2, 0) is 9.53 Å². The number of rotatable bonds is 4. The Morgan fingerprint density at radius 1 is 1.47 bits per heavy atom. The first kappa shape index (κ1) is 13.9. The van der Waals surface area contributed by atoms with Gasteiger partial charge in [-0.2, -0.15) is 0 Å². The highest BCUT2D eigenvalue weighted by Gasteiger charge is 2.34. The standard InChI is InChI=1S/C12H19F2NO2/c1-2-17-11(16)8-10(15)7-9-3-5-12(13,14)6-4-9/h8-9H,2-7,15H2,1H3/b10-8-. The van der Waals surface area contributed by atoms with Crippen LogP contribution in [0.1, 0.15) is 39.0 Å². The maximum absolute atomic E-state index is 12.9. The van der Waals surface area contributed by atoms with Crippen molar-refractivity contribution in [2.24, 2.45) is 11.7 Å². The quantitative estimate of drug-likeness (QED) is 0.613. The molecule has 5 heteroatoms.